The minimum Gasteiger partial charge on any atom is -0.296 e. The van der Waals surface area contributed by atoms with Gasteiger partial charge in [0.15, 0.2) is 0 Å². The minimum absolute atomic E-state index is 0.0651. The van der Waals surface area contributed by atoms with Gasteiger partial charge in [0.2, 0.25) is 0 Å². The third-order valence-corrected chi connectivity index (χ3v) is 7.64. The van der Waals surface area contributed by atoms with Gasteiger partial charge in [0.25, 0.3) is 5.56 Å². The first-order chi connectivity index (χ1) is 14.6. The van der Waals surface area contributed by atoms with Crippen molar-refractivity contribution in [1.29, 1.82) is 0 Å². The lowest BCUT2D eigenvalue weighted by atomic mass is 9.69. The third kappa shape index (κ3) is 2.71. The predicted molar refractivity (Wildman–Crippen MR) is 124 cm³/mol. The quantitative estimate of drug-likeness (QED) is 0.497. The molecule has 3 nitrogen and oxygen atoms in total. The fraction of sp³-hybridized carbons (Fsp3) is 0.481. The maximum Gasteiger partial charge on any atom is 0.281 e. The molecule has 1 aromatic heterocycles. The van der Waals surface area contributed by atoms with E-state index in [0.717, 1.165) is 35.1 Å². The molecule has 2 heterocycles. The highest BCUT2D eigenvalue weighted by Gasteiger charge is 2.46. The first kappa shape index (κ1) is 19.5. The molecule has 1 aliphatic carbocycles. The summed E-state index contributed by atoms with van der Waals surface area (Å²) in [5, 5.41) is 0.765. The number of hydrogen-bond acceptors (Lipinski definition) is 2. The lowest BCUT2D eigenvalue weighted by Crippen LogP contribution is -2.32. The summed E-state index contributed by atoms with van der Waals surface area (Å²) in [6, 6.07) is 13.3. The topological polar surface area (TPSA) is 34.9 Å². The van der Waals surface area contributed by atoms with Gasteiger partial charge in [-0.15, -0.1) is 0 Å². The number of hydrogen-bond donors (Lipinski definition) is 0. The number of aryl methyl sites for hydroxylation is 1. The molecule has 1 aliphatic heterocycles. The summed E-state index contributed by atoms with van der Waals surface area (Å²) in [6.07, 6.45) is 9.49. The number of fused-ring (bicyclic) bond motifs is 7. The second-order valence-corrected chi connectivity index (χ2v) is 9.36. The van der Waals surface area contributed by atoms with Crippen LogP contribution in [0.3, 0.4) is 0 Å². The van der Waals surface area contributed by atoms with Crippen molar-refractivity contribution in [2.75, 3.05) is 0 Å². The average Bonchev–Trinajstić information content (AvgIpc) is 3.01. The first-order valence-electron chi connectivity index (χ1n) is 11.8. The van der Waals surface area contributed by atoms with Crippen molar-refractivity contribution in [2.45, 2.75) is 83.5 Å². The molecule has 5 rings (SSSR count). The molecule has 1 saturated carbocycles. The highest BCUT2D eigenvalue weighted by atomic mass is 16.1. The molecule has 1 unspecified atom stereocenters. The van der Waals surface area contributed by atoms with Gasteiger partial charge in [-0.05, 0) is 67.3 Å². The zero-order valence-electron chi connectivity index (χ0n) is 18.5. The van der Waals surface area contributed by atoms with Crippen molar-refractivity contribution in [3.8, 4) is 5.69 Å². The van der Waals surface area contributed by atoms with Crippen LogP contribution in [0.25, 0.3) is 16.6 Å². The fourth-order valence-electron chi connectivity index (χ4n) is 6.11. The summed E-state index contributed by atoms with van der Waals surface area (Å²) in [4.78, 5) is 17.9. The summed E-state index contributed by atoms with van der Waals surface area (Å²) in [6.45, 7) is 6.60. The normalized spacial score (nSPS) is 17.8. The van der Waals surface area contributed by atoms with Gasteiger partial charge in [-0.3, -0.25) is 9.36 Å². The molecule has 3 heteroatoms. The Hall–Kier alpha value is -2.42. The highest BCUT2D eigenvalue weighted by molar-refractivity contribution is 5.85. The van der Waals surface area contributed by atoms with Gasteiger partial charge in [-0.2, -0.15) is 4.98 Å². The third-order valence-electron chi connectivity index (χ3n) is 7.64. The van der Waals surface area contributed by atoms with E-state index in [0.29, 0.717) is 5.92 Å². The number of nitrogens with zero attached hydrogens (tertiary/aromatic N) is 2. The van der Waals surface area contributed by atoms with Gasteiger partial charge in [0.05, 0.1) is 22.0 Å². The smallest absolute Gasteiger partial charge is 0.281 e. The Morgan fingerprint density at radius 3 is 2.63 bits per heavy atom. The summed E-state index contributed by atoms with van der Waals surface area (Å²) in [7, 11) is 0. The lowest BCUT2D eigenvalue weighted by Gasteiger charge is -2.34. The van der Waals surface area contributed by atoms with Crippen molar-refractivity contribution in [1.82, 2.24) is 9.55 Å². The molecule has 2 aliphatic rings. The molecule has 0 radical (unpaired) electrons. The molecule has 0 saturated heterocycles. The van der Waals surface area contributed by atoms with Crippen molar-refractivity contribution in [2.24, 2.45) is 0 Å². The molecule has 30 heavy (non-hydrogen) atoms. The van der Waals surface area contributed by atoms with Gasteiger partial charge in [0, 0.05) is 0 Å². The van der Waals surface area contributed by atoms with Crippen molar-refractivity contribution < 1.29 is 0 Å². The summed E-state index contributed by atoms with van der Waals surface area (Å²) < 4.78 is 2.31. The highest BCUT2D eigenvalue weighted by Crippen LogP contribution is 2.52. The fourth-order valence-corrected chi connectivity index (χ4v) is 6.11. The summed E-state index contributed by atoms with van der Waals surface area (Å²) in [5.74, 6) is 1.60. The van der Waals surface area contributed by atoms with Crippen molar-refractivity contribution >= 4 is 10.9 Å². The van der Waals surface area contributed by atoms with Gasteiger partial charge in [-0.25, -0.2) is 0 Å². The molecule has 1 spiro atoms. The van der Waals surface area contributed by atoms with Crippen molar-refractivity contribution in [3.63, 3.8) is 0 Å². The van der Waals surface area contributed by atoms with E-state index in [1.54, 1.807) is 0 Å². The van der Waals surface area contributed by atoms with Crippen LogP contribution in [0.5, 0.6) is 0 Å². The Kier molecular flexibility index (Phi) is 4.80. The van der Waals surface area contributed by atoms with E-state index in [1.807, 2.05) is 13.0 Å². The standard InChI is InChI=1S/C27H32N2O/c1-4-10-19(5-2)20-13-14-22-21(17-20)27(15-7-6-8-16-27)26-28-25(30)24-18(3)11-9-12-23(24)29(22)26/h9,11-14,17,19H,4-8,10,15-16H2,1-3H3. The van der Waals surface area contributed by atoms with Crippen LogP contribution in [-0.4, -0.2) is 9.55 Å². The molecule has 2 aromatic carbocycles. The average molecular weight is 401 g/mol. The molecular weight excluding hydrogens is 368 g/mol. The van der Waals surface area contributed by atoms with Crippen LogP contribution in [0.1, 0.15) is 93.6 Å². The van der Waals surface area contributed by atoms with Crippen LogP contribution in [0, 0.1) is 6.92 Å². The van der Waals surface area contributed by atoms with Crippen LogP contribution in [-0.2, 0) is 5.41 Å². The second kappa shape index (κ2) is 7.37. The van der Waals surface area contributed by atoms with Crippen LogP contribution < -0.4 is 5.56 Å². The SMILES string of the molecule is CCCC(CC)c1ccc2c(c1)C1(CCCCC1)c1nc(=O)c3c(C)cccc3n1-2. The Bertz CT molecular complexity index is 1170. The Morgan fingerprint density at radius 1 is 1.10 bits per heavy atom. The Labute approximate surface area is 179 Å². The van der Waals surface area contributed by atoms with E-state index in [9.17, 15) is 4.79 Å². The van der Waals surface area contributed by atoms with Gasteiger partial charge >= 0.3 is 0 Å². The van der Waals surface area contributed by atoms with Crippen molar-refractivity contribution in [3.05, 3.63) is 69.3 Å². The molecule has 1 fully saturated rings. The summed E-state index contributed by atoms with van der Waals surface area (Å²) >= 11 is 0. The van der Waals surface area contributed by atoms with E-state index in [1.165, 1.54) is 55.3 Å². The molecule has 3 aromatic rings. The largest absolute Gasteiger partial charge is 0.296 e. The van der Waals surface area contributed by atoms with Crippen LogP contribution >= 0.6 is 0 Å². The van der Waals surface area contributed by atoms with Crippen LogP contribution in [0.2, 0.25) is 0 Å². The molecule has 156 valence electrons. The minimum atomic E-state index is -0.106. The van der Waals surface area contributed by atoms with E-state index < -0.39 is 0 Å². The first-order valence-corrected chi connectivity index (χ1v) is 11.8. The molecular formula is C27H32N2O. The number of aromatic nitrogens is 2. The van der Waals surface area contributed by atoms with E-state index in [-0.39, 0.29) is 11.0 Å². The monoisotopic (exact) mass is 400 g/mol. The summed E-state index contributed by atoms with van der Waals surface area (Å²) in [5.41, 5.74) is 5.97. The van der Waals surface area contributed by atoms with Gasteiger partial charge in [0.1, 0.15) is 5.82 Å². The van der Waals surface area contributed by atoms with Gasteiger partial charge in [-0.1, -0.05) is 63.8 Å². The van der Waals surface area contributed by atoms with E-state index in [4.69, 9.17) is 4.98 Å². The van der Waals surface area contributed by atoms with Crippen LogP contribution in [0.15, 0.2) is 41.2 Å². The molecule has 0 amide bonds. The van der Waals surface area contributed by atoms with E-state index >= 15 is 0 Å². The molecule has 0 bridgehead atoms. The zero-order chi connectivity index (χ0) is 20.9. The molecule has 0 N–H and O–H groups in total. The maximum absolute atomic E-state index is 13.1. The van der Waals surface area contributed by atoms with Crippen LogP contribution in [0.4, 0.5) is 0 Å². The predicted octanol–water partition coefficient (Wildman–Crippen LogP) is 6.55. The zero-order valence-corrected chi connectivity index (χ0v) is 18.5. The lowest BCUT2D eigenvalue weighted by molar-refractivity contribution is 0.338. The Balaban J connectivity index is 1.82. The van der Waals surface area contributed by atoms with Gasteiger partial charge < -0.3 is 0 Å². The number of rotatable bonds is 4. The number of benzene rings is 2. The van der Waals surface area contributed by atoms with E-state index in [2.05, 4.69) is 48.7 Å². The Morgan fingerprint density at radius 2 is 1.90 bits per heavy atom. The molecule has 1 atom stereocenters. The maximum atomic E-state index is 13.1. The second-order valence-electron chi connectivity index (χ2n) is 9.36.